The number of aromatic amines is 2. The maximum absolute atomic E-state index is 13.2. The van der Waals surface area contributed by atoms with Crippen LogP contribution in [0.1, 0.15) is 73.6 Å². The molecular formula is C26H35N6O2+. The lowest BCUT2D eigenvalue weighted by atomic mass is 10.0. The van der Waals surface area contributed by atoms with E-state index < -0.39 is 0 Å². The van der Waals surface area contributed by atoms with E-state index in [1.807, 2.05) is 49.6 Å². The second-order valence-electron chi connectivity index (χ2n) is 9.11. The van der Waals surface area contributed by atoms with Gasteiger partial charge in [-0.15, -0.1) is 0 Å². The van der Waals surface area contributed by atoms with Crippen molar-refractivity contribution < 1.29 is 14.2 Å². The van der Waals surface area contributed by atoms with Gasteiger partial charge in [-0.1, -0.05) is 50.1 Å². The predicted molar refractivity (Wildman–Crippen MR) is 130 cm³/mol. The fourth-order valence-corrected chi connectivity index (χ4v) is 4.37. The van der Waals surface area contributed by atoms with E-state index in [9.17, 15) is 9.59 Å². The first kappa shape index (κ1) is 23.9. The molecule has 34 heavy (non-hydrogen) atoms. The van der Waals surface area contributed by atoms with Gasteiger partial charge in [-0.25, -0.2) is 14.5 Å². The molecule has 3 heterocycles. The van der Waals surface area contributed by atoms with Gasteiger partial charge in [0.1, 0.15) is 30.9 Å². The van der Waals surface area contributed by atoms with Gasteiger partial charge < -0.3 is 10.3 Å². The summed E-state index contributed by atoms with van der Waals surface area (Å²) in [6, 6.07) is 9.81. The molecule has 8 heteroatoms. The number of carbonyl (C=O) groups excluding carboxylic acids is 2. The molecular weight excluding hydrogens is 428 g/mol. The van der Waals surface area contributed by atoms with Crippen LogP contribution in [-0.4, -0.2) is 45.1 Å². The number of aromatic nitrogens is 4. The smallest absolute Gasteiger partial charge is 0.295 e. The summed E-state index contributed by atoms with van der Waals surface area (Å²) < 4.78 is 2.12. The molecule has 0 aliphatic carbocycles. The summed E-state index contributed by atoms with van der Waals surface area (Å²) in [5, 5.41) is 3.19. The van der Waals surface area contributed by atoms with Crippen LogP contribution in [0.3, 0.4) is 0 Å². The number of H-pyrrole nitrogens is 2. The molecule has 0 unspecified atom stereocenters. The Bertz CT molecular complexity index is 1100. The number of imidazole rings is 2. The topological polar surface area (TPSA) is 97.8 Å². The van der Waals surface area contributed by atoms with Crippen LogP contribution < -0.4 is 9.88 Å². The first-order valence-electron chi connectivity index (χ1n) is 12.3. The largest absolute Gasteiger partial charge is 0.340 e. The van der Waals surface area contributed by atoms with Crippen LogP contribution >= 0.6 is 0 Å². The fourth-order valence-electron chi connectivity index (χ4n) is 4.37. The number of unbranched alkanes of at least 4 members (excludes halogenated alkanes) is 2. The van der Waals surface area contributed by atoms with E-state index in [-0.39, 0.29) is 11.9 Å². The highest BCUT2D eigenvalue weighted by molar-refractivity contribution is 5.92. The third kappa shape index (κ3) is 5.99. The average molecular weight is 464 g/mol. The van der Waals surface area contributed by atoms with Gasteiger partial charge in [0.15, 0.2) is 0 Å². The number of ketones is 1. The normalized spacial score (nSPS) is 14.5. The molecule has 3 aromatic rings. The van der Waals surface area contributed by atoms with Crippen molar-refractivity contribution in [2.75, 3.05) is 13.6 Å². The highest BCUT2D eigenvalue weighted by Gasteiger charge is 2.27. The molecule has 0 saturated carbocycles. The van der Waals surface area contributed by atoms with Gasteiger partial charge in [0, 0.05) is 19.4 Å². The molecule has 0 bridgehead atoms. The molecule has 0 saturated heterocycles. The van der Waals surface area contributed by atoms with E-state index in [4.69, 9.17) is 0 Å². The molecule has 1 aromatic carbocycles. The van der Waals surface area contributed by atoms with E-state index in [0.29, 0.717) is 24.3 Å². The molecule has 8 nitrogen and oxygen atoms in total. The number of benzene rings is 1. The van der Waals surface area contributed by atoms with Crippen molar-refractivity contribution in [1.29, 1.82) is 0 Å². The Morgan fingerprint density at radius 3 is 2.79 bits per heavy atom. The van der Waals surface area contributed by atoms with Gasteiger partial charge in [0.05, 0.1) is 17.9 Å². The number of nitrogens with zero attached hydrogens (tertiary/aromatic N) is 3. The Morgan fingerprint density at radius 1 is 1.18 bits per heavy atom. The van der Waals surface area contributed by atoms with Gasteiger partial charge in [-0.3, -0.25) is 14.5 Å². The van der Waals surface area contributed by atoms with Gasteiger partial charge in [-0.05, 0) is 25.5 Å². The minimum Gasteiger partial charge on any atom is -0.340 e. The summed E-state index contributed by atoms with van der Waals surface area (Å²) in [5.74, 6) is 1.97. The molecule has 2 aromatic heterocycles. The Labute approximate surface area is 200 Å². The third-order valence-corrected chi connectivity index (χ3v) is 6.46. The van der Waals surface area contributed by atoms with Crippen LogP contribution in [0.15, 0.2) is 42.7 Å². The van der Waals surface area contributed by atoms with Crippen LogP contribution in [0, 0.1) is 0 Å². The number of Topliss-reactive ketones (excluding diaryl/α,β-unsaturated/α-hetero) is 1. The zero-order chi connectivity index (χ0) is 23.9. The van der Waals surface area contributed by atoms with Crippen molar-refractivity contribution in [1.82, 2.24) is 25.2 Å². The zero-order valence-corrected chi connectivity index (χ0v) is 20.1. The van der Waals surface area contributed by atoms with Crippen molar-refractivity contribution >= 4 is 11.7 Å². The molecule has 1 atom stereocenters. The van der Waals surface area contributed by atoms with Crippen molar-refractivity contribution in [2.45, 2.75) is 64.6 Å². The second-order valence-corrected chi connectivity index (χ2v) is 9.11. The fraction of sp³-hybridized carbons (Fsp3) is 0.462. The molecule has 0 fully saturated rings. The lowest BCUT2D eigenvalue weighted by Crippen LogP contribution is -2.47. The number of carbonyl (C=O) groups is 2. The van der Waals surface area contributed by atoms with Gasteiger partial charge in [0.2, 0.25) is 5.69 Å². The Kier molecular flexibility index (Phi) is 7.90. The summed E-state index contributed by atoms with van der Waals surface area (Å²) in [6.07, 6.45) is 8.45. The van der Waals surface area contributed by atoms with E-state index in [1.54, 1.807) is 0 Å². The lowest BCUT2D eigenvalue weighted by molar-refractivity contribution is -0.710. The highest BCUT2D eigenvalue weighted by atomic mass is 16.2. The summed E-state index contributed by atoms with van der Waals surface area (Å²) >= 11 is 0. The summed E-state index contributed by atoms with van der Waals surface area (Å²) in [7, 11) is 2.08. The zero-order valence-electron chi connectivity index (χ0n) is 20.1. The molecule has 1 amide bonds. The summed E-state index contributed by atoms with van der Waals surface area (Å²) in [5.41, 5.74) is 2.55. The van der Waals surface area contributed by atoms with Crippen molar-refractivity contribution in [2.24, 2.45) is 0 Å². The van der Waals surface area contributed by atoms with Crippen molar-refractivity contribution in [3.8, 4) is 11.3 Å². The first-order valence-corrected chi connectivity index (χ1v) is 12.3. The maximum atomic E-state index is 13.2. The molecule has 4 rings (SSSR count). The summed E-state index contributed by atoms with van der Waals surface area (Å²) in [6.45, 7) is 4.54. The van der Waals surface area contributed by atoms with E-state index in [1.165, 1.54) is 0 Å². The maximum Gasteiger partial charge on any atom is 0.295 e. The van der Waals surface area contributed by atoms with Crippen LogP contribution in [0.25, 0.3) is 11.3 Å². The SMILES string of the molecule is CCC(=O)CCCCC[C@H](NC(=O)c1c[n+]2c([nH]1)CN(C)CC2)c1ncc(-c2ccccc2)[nH]1. The Hall–Kier alpha value is -3.26. The van der Waals surface area contributed by atoms with Crippen molar-refractivity contribution in [3.63, 3.8) is 0 Å². The molecule has 3 N–H and O–H groups in total. The molecule has 0 spiro atoms. The van der Waals surface area contributed by atoms with Gasteiger partial charge >= 0.3 is 0 Å². The van der Waals surface area contributed by atoms with E-state index >= 15 is 0 Å². The molecule has 180 valence electrons. The quantitative estimate of drug-likeness (QED) is 0.299. The number of hydrogen-bond donors (Lipinski definition) is 3. The summed E-state index contributed by atoms with van der Waals surface area (Å²) in [4.78, 5) is 38.3. The molecule has 0 radical (unpaired) electrons. The highest BCUT2D eigenvalue weighted by Crippen LogP contribution is 2.23. The average Bonchev–Trinajstić information content (AvgIpc) is 3.51. The monoisotopic (exact) mass is 463 g/mol. The van der Waals surface area contributed by atoms with Crippen LogP contribution in [0.5, 0.6) is 0 Å². The standard InChI is InChI=1S/C26H34N6O2/c1-3-20(33)12-8-5-9-13-21(25-27-16-22(29-25)19-10-6-4-7-11-19)30-26(34)23-17-32-15-14-31(2)18-24(32)28-23/h4,6-7,10-11,16-17,21H,3,5,8-9,12-15,18H2,1-2H3,(H2,27,29,30,34)/p+1/t21-/m0/s1. The molecule has 1 aliphatic rings. The number of nitrogens with one attached hydrogen (secondary N) is 3. The number of rotatable bonds is 11. The minimum absolute atomic E-state index is 0.131. The number of likely N-dealkylation sites (N-methyl/N-ethyl adjacent to an activating group) is 1. The van der Waals surface area contributed by atoms with Crippen molar-refractivity contribution in [3.05, 3.63) is 60.1 Å². The van der Waals surface area contributed by atoms with E-state index in [2.05, 4.69) is 36.8 Å². The van der Waals surface area contributed by atoms with Crippen LogP contribution in [0.4, 0.5) is 0 Å². The predicted octanol–water partition coefficient (Wildman–Crippen LogP) is 3.54. The van der Waals surface area contributed by atoms with Gasteiger partial charge in [0.25, 0.3) is 11.7 Å². The minimum atomic E-state index is -0.236. The lowest BCUT2D eigenvalue weighted by Gasteiger charge is -2.17. The van der Waals surface area contributed by atoms with Crippen LogP contribution in [0.2, 0.25) is 0 Å². The number of fused-ring (bicyclic) bond motifs is 1. The Balaban J connectivity index is 1.45. The first-order chi connectivity index (χ1) is 16.5. The number of hydrogen-bond acceptors (Lipinski definition) is 4. The van der Waals surface area contributed by atoms with Crippen LogP contribution in [-0.2, 0) is 17.9 Å². The Morgan fingerprint density at radius 2 is 2.00 bits per heavy atom. The second kappa shape index (κ2) is 11.2. The third-order valence-electron chi connectivity index (χ3n) is 6.46. The van der Waals surface area contributed by atoms with E-state index in [0.717, 1.165) is 68.2 Å². The molecule has 1 aliphatic heterocycles. The van der Waals surface area contributed by atoms with Gasteiger partial charge in [-0.2, -0.15) is 0 Å². The number of amides is 1.